The number of hydrogen-bond donors (Lipinski definition) is 0. The van der Waals surface area contributed by atoms with E-state index in [0.717, 1.165) is 6.42 Å². The molecule has 76 valence electrons. The average Bonchev–Trinajstić information content (AvgIpc) is 2.14. The van der Waals surface area contributed by atoms with E-state index in [1.54, 1.807) is 12.3 Å². The molecule has 2 heteroatoms. The molecular weight excluding hydrogens is 174 g/mol. The predicted octanol–water partition coefficient (Wildman–Crippen LogP) is 3.09. The molecule has 0 N–H and O–H groups in total. The summed E-state index contributed by atoms with van der Waals surface area (Å²) in [7, 11) is 0. The van der Waals surface area contributed by atoms with Crippen LogP contribution in [0.3, 0.4) is 0 Å². The topological polar surface area (TPSA) is 30.0 Å². The van der Waals surface area contributed by atoms with E-state index in [1.165, 1.54) is 0 Å². The lowest BCUT2D eigenvalue weighted by Gasteiger charge is -2.16. The zero-order valence-corrected chi connectivity index (χ0v) is 9.08. The van der Waals surface area contributed by atoms with Crippen molar-refractivity contribution in [2.24, 2.45) is 5.41 Å². The highest BCUT2D eigenvalue weighted by atomic mass is 16.1. The van der Waals surface area contributed by atoms with Crippen LogP contribution < -0.4 is 0 Å². The Morgan fingerprint density at radius 1 is 1.36 bits per heavy atom. The fourth-order valence-corrected chi connectivity index (χ4v) is 1.14. The van der Waals surface area contributed by atoms with Gasteiger partial charge in [-0.25, -0.2) is 0 Å². The fourth-order valence-electron chi connectivity index (χ4n) is 1.14. The highest BCUT2D eigenvalue weighted by Crippen LogP contribution is 2.21. The molecule has 0 aliphatic heterocycles. The number of hydrogen-bond acceptors (Lipinski definition) is 2. The molecule has 0 aliphatic carbocycles. The van der Waals surface area contributed by atoms with Gasteiger partial charge in [-0.05, 0) is 24.0 Å². The number of ketones is 1. The van der Waals surface area contributed by atoms with Gasteiger partial charge in [0.15, 0.2) is 5.78 Å². The van der Waals surface area contributed by atoms with Gasteiger partial charge in [-0.15, -0.1) is 0 Å². The van der Waals surface area contributed by atoms with E-state index in [2.05, 4.69) is 25.8 Å². The fraction of sp³-hybridized carbons (Fsp3) is 0.500. The minimum absolute atomic E-state index is 0.139. The summed E-state index contributed by atoms with van der Waals surface area (Å²) in [5.74, 6) is 0.139. The third-order valence-electron chi connectivity index (χ3n) is 2.05. The van der Waals surface area contributed by atoms with E-state index in [4.69, 9.17) is 0 Å². The third kappa shape index (κ3) is 3.69. The van der Waals surface area contributed by atoms with E-state index < -0.39 is 0 Å². The Morgan fingerprint density at radius 2 is 2.07 bits per heavy atom. The van der Waals surface area contributed by atoms with Crippen LogP contribution >= 0.6 is 0 Å². The van der Waals surface area contributed by atoms with Crippen LogP contribution in [-0.2, 0) is 0 Å². The highest BCUT2D eigenvalue weighted by Gasteiger charge is 2.14. The van der Waals surface area contributed by atoms with Gasteiger partial charge in [0.25, 0.3) is 0 Å². The van der Waals surface area contributed by atoms with Crippen molar-refractivity contribution in [3.05, 3.63) is 30.1 Å². The molecule has 0 aromatic carbocycles. The Balaban J connectivity index is 2.52. The van der Waals surface area contributed by atoms with Crippen molar-refractivity contribution in [1.29, 1.82) is 0 Å². The second kappa shape index (κ2) is 4.36. The Labute approximate surface area is 85.4 Å². The number of carbonyl (C=O) groups is 1. The van der Waals surface area contributed by atoms with Gasteiger partial charge >= 0.3 is 0 Å². The summed E-state index contributed by atoms with van der Waals surface area (Å²) >= 11 is 0. The molecule has 1 aromatic rings. The smallest absolute Gasteiger partial charge is 0.181 e. The summed E-state index contributed by atoms with van der Waals surface area (Å²) in [5, 5.41) is 0. The molecule has 0 atom stereocenters. The molecule has 0 aliphatic rings. The quantitative estimate of drug-likeness (QED) is 0.687. The van der Waals surface area contributed by atoms with Crippen molar-refractivity contribution in [2.45, 2.75) is 33.6 Å². The van der Waals surface area contributed by atoms with Crippen molar-refractivity contribution in [1.82, 2.24) is 4.98 Å². The Hall–Kier alpha value is -1.18. The molecule has 0 saturated carbocycles. The second-order valence-corrected chi connectivity index (χ2v) is 4.70. The Kier molecular flexibility index (Phi) is 3.39. The molecule has 0 unspecified atom stereocenters. The molecule has 0 saturated heterocycles. The molecule has 0 spiro atoms. The van der Waals surface area contributed by atoms with Gasteiger partial charge in [-0.2, -0.15) is 0 Å². The number of Topliss-reactive ketones (excluding diaryl/α,β-unsaturated/α-hetero) is 1. The van der Waals surface area contributed by atoms with Crippen LogP contribution in [0.25, 0.3) is 0 Å². The first kappa shape index (κ1) is 10.9. The average molecular weight is 191 g/mol. The van der Waals surface area contributed by atoms with Crippen LogP contribution in [0.1, 0.15) is 44.1 Å². The summed E-state index contributed by atoms with van der Waals surface area (Å²) < 4.78 is 0. The predicted molar refractivity (Wildman–Crippen MR) is 57.3 cm³/mol. The van der Waals surface area contributed by atoms with Gasteiger partial charge in [0.05, 0.1) is 0 Å². The standard InChI is InChI=1S/C12H17NO/c1-12(2,3)8-7-11(14)10-6-4-5-9-13-10/h4-6,9H,7-8H2,1-3H3. The summed E-state index contributed by atoms with van der Waals surface area (Å²) in [5.41, 5.74) is 0.793. The van der Waals surface area contributed by atoms with E-state index in [0.29, 0.717) is 12.1 Å². The molecule has 0 bridgehead atoms. The van der Waals surface area contributed by atoms with Gasteiger partial charge < -0.3 is 0 Å². The van der Waals surface area contributed by atoms with Gasteiger partial charge in [-0.3, -0.25) is 9.78 Å². The van der Waals surface area contributed by atoms with Crippen molar-refractivity contribution < 1.29 is 4.79 Å². The molecule has 1 aromatic heterocycles. The first-order valence-electron chi connectivity index (χ1n) is 4.93. The van der Waals surface area contributed by atoms with E-state index >= 15 is 0 Å². The van der Waals surface area contributed by atoms with E-state index in [1.807, 2.05) is 12.1 Å². The van der Waals surface area contributed by atoms with Crippen LogP contribution in [-0.4, -0.2) is 10.8 Å². The second-order valence-electron chi connectivity index (χ2n) is 4.70. The van der Waals surface area contributed by atoms with Gasteiger partial charge in [0, 0.05) is 12.6 Å². The molecule has 1 rings (SSSR count). The van der Waals surface area contributed by atoms with Crippen molar-refractivity contribution in [3.63, 3.8) is 0 Å². The molecular formula is C12H17NO. The monoisotopic (exact) mass is 191 g/mol. The zero-order chi connectivity index (χ0) is 10.6. The molecule has 0 radical (unpaired) electrons. The maximum absolute atomic E-state index is 11.6. The first-order valence-corrected chi connectivity index (χ1v) is 4.93. The van der Waals surface area contributed by atoms with Crippen molar-refractivity contribution in [2.75, 3.05) is 0 Å². The number of carbonyl (C=O) groups excluding carboxylic acids is 1. The highest BCUT2D eigenvalue weighted by molar-refractivity contribution is 5.94. The minimum atomic E-state index is 0.139. The summed E-state index contributed by atoms with van der Waals surface area (Å²) in [4.78, 5) is 15.7. The summed E-state index contributed by atoms with van der Waals surface area (Å²) in [6.07, 6.45) is 3.15. The minimum Gasteiger partial charge on any atom is -0.292 e. The van der Waals surface area contributed by atoms with Gasteiger partial charge in [0.1, 0.15) is 5.69 Å². The van der Waals surface area contributed by atoms with Crippen LogP contribution in [0.15, 0.2) is 24.4 Å². The summed E-state index contributed by atoms with van der Waals surface area (Å²) in [6.45, 7) is 6.41. The number of pyridine rings is 1. The molecule has 14 heavy (non-hydrogen) atoms. The molecule has 0 amide bonds. The molecule has 2 nitrogen and oxygen atoms in total. The van der Waals surface area contributed by atoms with Crippen LogP contribution in [0.2, 0.25) is 0 Å². The van der Waals surface area contributed by atoms with Crippen LogP contribution in [0.5, 0.6) is 0 Å². The lowest BCUT2D eigenvalue weighted by Crippen LogP contribution is -2.09. The number of rotatable bonds is 3. The maximum atomic E-state index is 11.6. The first-order chi connectivity index (χ1) is 6.49. The van der Waals surface area contributed by atoms with E-state index in [-0.39, 0.29) is 11.2 Å². The van der Waals surface area contributed by atoms with E-state index in [9.17, 15) is 4.79 Å². The van der Waals surface area contributed by atoms with Gasteiger partial charge in [0.2, 0.25) is 0 Å². The largest absolute Gasteiger partial charge is 0.292 e. The number of aromatic nitrogens is 1. The number of nitrogens with zero attached hydrogens (tertiary/aromatic N) is 1. The van der Waals surface area contributed by atoms with Gasteiger partial charge in [-0.1, -0.05) is 26.8 Å². The summed E-state index contributed by atoms with van der Waals surface area (Å²) in [6, 6.07) is 5.43. The lowest BCUT2D eigenvalue weighted by molar-refractivity contribution is 0.0961. The van der Waals surface area contributed by atoms with Crippen LogP contribution in [0, 0.1) is 5.41 Å². The molecule has 0 fully saturated rings. The normalized spacial score (nSPS) is 11.4. The van der Waals surface area contributed by atoms with Crippen LogP contribution in [0.4, 0.5) is 0 Å². The maximum Gasteiger partial charge on any atom is 0.181 e. The van der Waals surface area contributed by atoms with Crippen molar-refractivity contribution in [3.8, 4) is 0 Å². The molecule has 1 heterocycles. The zero-order valence-electron chi connectivity index (χ0n) is 9.08. The Bertz CT molecular complexity index is 298. The third-order valence-corrected chi connectivity index (χ3v) is 2.05. The Morgan fingerprint density at radius 3 is 2.57 bits per heavy atom. The van der Waals surface area contributed by atoms with Crippen molar-refractivity contribution >= 4 is 5.78 Å². The SMILES string of the molecule is CC(C)(C)CCC(=O)c1ccccn1. The lowest BCUT2D eigenvalue weighted by atomic mass is 9.89.